The van der Waals surface area contributed by atoms with Gasteiger partial charge in [0.1, 0.15) is 30.8 Å². The lowest BCUT2D eigenvalue weighted by atomic mass is 10.0. The van der Waals surface area contributed by atoms with Crippen molar-refractivity contribution in [2.45, 2.75) is 37.9 Å². The minimum Gasteiger partial charge on any atom is -0.493 e. The molecule has 2 heterocycles. The van der Waals surface area contributed by atoms with E-state index in [0.29, 0.717) is 61.2 Å². The highest BCUT2D eigenvalue weighted by Gasteiger charge is 2.20. The largest absolute Gasteiger partial charge is 0.493 e. The summed E-state index contributed by atoms with van der Waals surface area (Å²) in [5, 5.41) is 10.6. The number of rotatable bonds is 22. The van der Waals surface area contributed by atoms with Gasteiger partial charge in [-0.1, -0.05) is 36.4 Å². The number of hydrogen-bond donors (Lipinski definition) is 1. The molecule has 62 heavy (non-hydrogen) atoms. The smallest absolute Gasteiger partial charge is 0.264 e. The minimum absolute atomic E-state index is 0.472. The Morgan fingerprint density at radius 3 is 1.52 bits per heavy atom. The van der Waals surface area contributed by atoms with Crippen LogP contribution in [0.4, 0.5) is 0 Å². The van der Waals surface area contributed by atoms with Crippen molar-refractivity contribution < 1.29 is 55.6 Å². The lowest BCUT2D eigenvalue weighted by molar-refractivity contribution is 0.0321. The van der Waals surface area contributed by atoms with E-state index in [1.807, 2.05) is 84.9 Å². The van der Waals surface area contributed by atoms with E-state index in [1.165, 1.54) is 0 Å². The first-order valence-electron chi connectivity index (χ1n) is 21.1. The molecule has 0 spiro atoms. The normalized spacial score (nSPS) is 15.7. The first-order chi connectivity index (χ1) is 30.1. The van der Waals surface area contributed by atoms with Crippen molar-refractivity contribution in [3.63, 3.8) is 0 Å². The van der Waals surface area contributed by atoms with E-state index in [1.54, 1.807) is 28.4 Å². The standard InChI is InChI=1S/C24H33NO7S.C23H31NO5/c1-28-23-10-8-19(17-24(23)29-2)7-9-22(32-33(3,26)27)20-5-4-6-21(18-20)31-16-13-25-11-14-30-15-12-25;1-26-22-9-7-18(16-23(22)27-2)6-8-21(25)19-4-3-5-20(17-19)29-15-12-24-10-13-28-14-11-24/h4-6,8,10,17-18,22H,7,9,11-16H2,1-3H3;3-5,7,9,16-17,21,25H,6,8,10-15H2,1-2H3/t22-;21-/m00/s1. The fraction of sp³-hybridized carbons (Fsp3) is 0.489. The maximum absolute atomic E-state index is 11.9. The Kier molecular flexibility index (Phi) is 19.9. The van der Waals surface area contributed by atoms with Gasteiger partial charge in [0.15, 0.2) is 23.0 Å². The molecule has 0 bridgehead atoms. The summed E-state index contributed by atoms with van der Waals surface area (Å²) in [6.45, 7) is 9.69. The van der Waals surface area contributed by atoms with Crippen molar-refractivity contribution in [2.24, 2.45) is 0 Å². The monoisotopic (exact) mass is 880 g/mol. The van der Waals surface area contributed by atoms with Crippen molar-refractivity contribution in [3.8, 4) is 34.5 Å². The third-order valence-electron chi connectivity index (χ3n) is 10.6. The highest BCUT2D eigenvalue weighted by atomic mass is 32.2. The zero-order chi connectivity index (χ0) is 44.2. The van der Waals surface area contributed by atoms with Crippen LogP contribution in [0.25, 0.3) is 0 Å². The molecule has 2 aliphatic heterocycles. The third-order valence-corrected chi connectivity index (χ3v) is 11.2. The molecule has 0 radical (unpaired) electrons. The number of methoxy groups -OCH3 is 4. The van der Waals surface area contributed by atoms with Crippen molar-refractivity contribution in [1.82, 2.24) is 9.80 Å². The second kappa shape index (κ2) is 25.5. The molecule has 14 nitrogen and oxygen atoms in total. The number of aryl methyl sites for hydroxylation is 2. The van der Waals surface area contributed by atoms with Crippen LogP contribution in [0.1, 0.15) is 47.3 Å². The van der Waals surface area contributed by atoms with Gasteiger partial charge >= 0.3 is 0 Å². The van der Waals surface area contributed by atoms with Crippen LogP contribution in [-0.4, -0.2) is 137 Å². The highest BCUT2D eigenvalue weighted by molar-refractivity contribution is 7.86. The van der Waals surface area contributed by atoms with Crippen LogP contribution in [0.15, 0.2) is 84.9 Å². The summed E-state index contributed by atoms with van der Waals surface area (Å²) in [6.07, 6.45) is 2.32. The summed E-state index contributed by atoms with van der Waals surface area (Å²) in [7, 11) is 2.77. The van der Waals surface area contributed by atoms with Crippen molar-refractivity contribution >= 4 is 10.1 Å². The van der Waals surface area contributed by atoms with Crippen LogP contribution in [-0.2, 0) is 36.6 Å². The van der Waals surface area contributed by atoms with Crippen LogP contribution < -0.4 is 28.4 Å². The molecule has 2 aliphatic rings. The van der Waals surface area contributed by atoms with Gasteiger partial charge in [0.2, 0.25) is 0 Å². The second-order valence-corrected chi connectivity index (χ2v) is 16.6. The first-order valence-corrected chi connectivity index (χ1v) is 22.9. The van der Waals surface area contributed by atoms with Crippen LogP contribution in [0.3, 0.4) is 0 Å². The molecule has 4 aromatic rings. The van der Waals surface area contributed by atoms with E-state index in [-0.39, 0.29) is 0 Å². The molecule has 2 atom stereocenters. The number of ether oxygens (including phenoxy) is 8. The Balaban J connectivity index is 0.000000236. The van der Waals surface area contributed by atoms with Gasteiger partial charge in [0.05, 0.1) is 67.2 Å². The minimum atomic E-state index is -3.65. The van der Waals surface area contributed by atoms with Gasteiger partial charge in [-0.05, 0) is 96.5 Å². The zero-order valence-corrected chi connectivity index (χ0v) is 37.6. The molecule has 1 N–H and O–H groups in total. The van der Waals surface area contributed by atoms with Crippen molar-refractivity contribution in [3.05, 3.63) is 107 Å². The molecule has 0 unspecified atom stereocenters. The number of morpholine rings is 2. The van der Waals surface area contributed by atoms with Gasteiger partial charge in [-0.25, -0.2) is 0 Å². The molecule has 0 amide bonds. The van der Waals surface area contributed by atoms with Crippen molar-refractivity contribution in [1.29, 1.82) is 0 Å². The van der Waals surface area contributed by atoms with E-state index >= 15 is 0 Å². The summed E-state index contributed by atoms with van der Waals surface area (Å²) >= 11 is 0. The fourth-order valence-electron chi connectivity index (χ4n) is 7.17. The summed E-state index contributed by atoms with van der Waals surface area (Å²) in [5.74, 6) is 4.17. The summed E-state index contributed by atoms with van der Waals surface area (Å²) < 4.78 is 73.1. The number of aliphatic hydroxyl groups excluding tert-OH is 1. The Morgan fingerprint density at radius 1 is 0.597 bits per heavy atom. The Bertz CT molecular complexity index is 2040. The second-order valence-electron chi connectivity index (χ2n) is 15.0. The molecule has 2 saturated heterocycles. The molecular formula is C47H64N2O12S. The van der Waals surface area contributed by atoms with Gasteiger partial charge in [-0.15, -0.1) is 0 Å². The zero-order valence-electron chi connectivity index (χ0n) is 36.8. The number of nitrogens with zero attached hydrogens (tertiary/aromatic N) is 2. The summed E-state index contributed by atoms with van der Waals surface area (Å²) in [6, 6.07) is 26.7. The molecule has 0 saturated carbocycles. The average molecular weight is 881 g/mol. The molecule has 0 aromatic heterocycles. The molecule has 0 aliphatic carbocycles. The van der Waals surface area contributed by atoms with Gasteiger partial charge in [-0.2, -0.15) is 8.42 Å². The summed E-state index contributed by atoms with van der Waals surface area (Å²) in [4.78, 5) is 4.64. The van der Waals surface area contributed by atoms with Gasteiger partial charge < -0.3 is 43.0 Å². The Labute approximate surface area is 367 Å². The lowest BCUT2D eigenvalue weighted by Gasteiger charge is -2.26. The van der Waals surface area contributed by atoms with E-state index in [9.17, 15) is 13.5 Å². The fourth-order valence-corrected chi connectivity index (χ4v) is 7.80. The highest BCUT2D eigenvalue weighted by Crippen LogP contribution is 2.32. The first kappa shape index (κ1) is 48.4. The lowest BCUT2D eigenvalue weighted by Crippen LogP contribution is -2.38. The summed E-state index contributed by atoms with van der Waals surface area (Å²) in [5.41, 5.74) is 3.71. The molecule has 15 heteroatoms. The SMILES string of the molecule is COc1ccc(CC[C@H](O)c2cccc(OCCN3CCOCC3)c2)cc1OC.COc1ccc(CC[C@H](OS(C)(=O)=O)c2cccc(OCCN3CCOCC3)c2)cc1OC. The van der Waals surface area contributed by atoms with E-state index in [2.05, 4.69) is 9.80 Å². The van der Waals surface area contributed by atoms with Gasteiger partial charge in [0, 0.05) is 39.3 Å². The molecule has 2 fully saturated rings. The van der Waals surface area contributed by atoms with E-state index in [0.717, 1.165) is 106 Å². The number of hydrogen-bond acceptors (Lipinski definition) is 14. The molecular weight excluding hydrogens is 817 g/mol. The molecule has 6 rings (SSSR count). The van der Waals surface area contributed by atoms with Gasteiger partial charge in [-0.3, -0.25) is 14.0 Å². The molecule has 4 aromatic carbocycles. The molecule has 340 valence electrons. The van der Waals surface area contributed by atoms with Gasteiger partial charge in [0.25, 0.3) is 10.1 Å². The maximum Gasteiger partial charge on any atom is 0.264 e. The van der Waals surface area contributed by atoms with Crippen LogP contribution >= 0.6 is 0 Å². The van der Waals surface area contributed by atoms with Crippen molar-refractivity contribution in [2.75, 3.05) is 114 Å². The number of benzene rings is 4. The van der Waals surface area contributed by atoms with Crippen LogP contribution in [0.5, 0.6) is 34.5 Å². The maximum atomic E-state index is 11.9. The predicted molar refractivity (Wildman–Crippen MR) is 238 cm³/mol. The van der Waals surface area contributed by atoms with Crippen LogP contribution in [0, 0.1) is 0 Å². The van der Waals surface area contributed by atoms with E-state index in [4.69, 9.17) is 42.1 Å². The quantitative estimate of drug-likeness (QED) is 0.0903. The third kappa shape index (κ3) is 16.3. The Morgan fingerprint density at radius 2 is 1.05 bits per heavy atom. The predicted octanol–water partition coefficient (Wildman–Crippen LogP) is 6.15. The topological polar surface area (TPSA) is 144 Å². The Hall–Kier alpha value is -4.61. The number of aliphatic hydroxyl groups is 1. The van der Waals surface area contributed by atoms with Crippen LogP contribution in [0.2, 0.25) is 0 Å². The average Bonchev–Trinajstić information content (AvgIpc) is 3.30. The van der Waals surface area contributed by atoms with E-state index < -0.39 is 22.3 Å².